The lowest BCUT2D eigenvalue weighted by Gasteiger charge is -2.02. The van der Waals surface area contributed by atoms with E-state index in [1.165, 1.54) is 0 Å². The van der Waals surface area contributed by atoms with Crippen molar-refractivity contribution in [2.45, 2.75) is 6.54 Å². The van der Waals surface area contributed by atoms with Gasteiger partial charge in [-0.05, 0) is 17.7 Å². The molecular weight excluding hydrogens is 194 g/mol. The van der Waals surface area contributed by atoms with Crippen molar-refractivity contribution in [3.63, 3.8) is 0 Å². The molecule has 0 spiro atoms. The van der Waals surface area contributed by atoms with E-state index in [-0.39, 0.29) is 0 Å². The molecule has 0 saturated heterocycles. The average molecular weight is 207 g/mol. The molecule has 0 fully saturated rings. The van der Waals surface area contributed by atoms with Crippen LogP contribution in [0.1, 0.15) is 5.56 Å². The molecule has 1 aromatic carbocycles. The van der Waals surface area contributed by atoms with Gasteiger partial charge in [0.1, 0.15) is 0 Å². The van der Waals surface area contributed by atoms with Crippen molar-refractivity contribution in [3.8, 4) is 0 Å². The van der Waals surface area contributed by atoms with E-state index in [2.05, 4.69) is 10.3 Å². The Balaban J connectivity index is 2.19. The number of benzene rings is 1. The van der Waals surface area contributed by atoms with Gasteiger partial charge in [0.2, 0.25) is 0 Å². The number of hydrogen-bond donors (Lipinski definition) is 3. The summed E-state index contributed by atoms with van der Waals surface area (Å²) in [6.07, 6.45) is 0. The molecule has 2 aromatic rings. The molecule has 0 bridgehead atoms. The van der Waals surface area contributed by atoms with E-state index >= 15 is 0 Å². The molecule has 0 radical (unpaired) electrons. The van der Waals surface area contributed by atoms with E-state index in [0.29, 0.717) is 12.1 Å². The maximum absolute atomic E-state index is 10.9. The predicted molar refractivity (Wildman–Crippen MR) is 57.6 cm³/mol. The second kappa shape index (κ2) is 4.29. The van der Waals surface area contributed by atoms with E-state index in [1.54, 1.807) is 6.07 Å². The molecule has 0 aliphatic rings. The standard InChI is InChI=1S/C10H13N3O2/c11-3-4-12-6-7-1-2-9-8(5-7)13-10(14)15-9/h1-2,5,12H,3-4,6,11H2,(H,13,14). The maximum Gasteiger partial charge on any atom is 0.417 e. The number of rotatable bonds is 4. The number of aromatic nitrogens is 1. The Kier molecular flexibility index (Phi) is 2.84. The molecule has 15 heavy (non-hydrogen) atoms. The lowest BCUT2D eigenvalue weighted by molar-refractivity contribution is 0.555. The van der Waals surface area contributed by atoms with Crippen molar-refractivity contribution >= 4 is 11.1 Å². The second-order valence-electron chi connectivity index (χ2n) is 3.31. The Hall–Kier alpha value is -1.59. The molecule has 2 rings (SSSR count). The van der Waals surface area contributed by atoms with Crippen LogP contribution >= 0.6 is 0 Å². The summed E-state index contributed by atoms with van der Waals surface area (Å²) in [6, 6.07) is 5.60. The largest absolute Gasteiger partial charge is 0.417 e. The second-order valence-corrected chi connectivity index (χ2v) is 3.31. The third-order valence-electron chi connectivity index (χ3n) is 2.13. The van der Waals surface area contributed by atoms with Gasteiger partial charge in [0.15, 0.2) is 5.58 Å². The van der Waals surface area contributed by atoms with Crippen LogP contribution in [0.15, 0.2) is 27.4 Å². The predicted octanol–water partition coefficient (Wildman–Crippen LogP) is 0.169. The zero-order valence-electron chi connectivity index (χ0n) is 8.25. The quantitative estimate of drug-likeness (QED) is 0.624. The molecule has 1 aromatic heterocycles. The molecule has 5 heteroatoms. The van der Waals surface area contributed by atoms with Crippen LogP contribution in [0.4, 0.5) is 0 Å². The fraction of sp³-hybridized carbons (Fsp3) is 0.300. The number of nitrogens with two attached hydrogens (primary N) is 1. The highest BCUT2D eigenvalue weighted by Gasteiger charge is 2.01. The van der Waals surface area contributed by atoms with Gasteiger partial charge in [0.05, 0.1) is 5.52 Å². The Bertz CT molecular complexity index is 501. The monoisotopic (exact) mass is 207 g/mol. The van der Waals surface area contributed by atoms with Gasteiger partial charge < -0.3 is 15.5 Å². The van der Waals surface area contributed by atoms with Crippen LogP contribution in [0.25, 0.3) is 11.1 Å². The zero-order chi connectivity index (χ0) is 10.7. The maximum atomic E-state index is 10.9. The molecule has 1 heterocycles. The molecule has 4 N–H and O–H groups in total. The average Bonchev–Trinajstić information content (AvgIpc) is 2.57. The van der Waals surface area contributed by atoms with Crippen molar-refractivity contribution in [2.24, 2.45) is 5.73 Å². The normalized spacial score (nSPS) is 11.0. The van der Waals surface area contributed by atoms with Gasteiger partial charge in [-0.15, -0.1) is 0 Å². The van der Waals surface area contributed by atoms with Gasteiger partial charge in [-0.2, -0.15) is 0 Å². The molecule has 0 atom stereocenters. The van der Waals surface area contributed by atoms with Crippen LogP contribution in [-0.2, 0) is 6.54 Å². The smallest absolute Gasteiger partial charge is 0.408 e. The van der Waals surface area contributed by atoms with Crippen molar-refractivity contribution in [3.05, 3.63) is 34.3 Å². The highest BCUT2D eigenvalue weighted by Crippen LogP contribution is 2.11. The lowest BCUT2D eigenvalue weighted by atomic mass is 10.2. The Morgan fingerprint density at radius 1 is 1.47 bits per heavy atom. The topological polar surface area (TPSA) is 84.0 Å². The fourth-order valence-corrected chi connectivity index (χ4v) is 1.44. The van der Waals surface area contributed by atoms with Crippen LogP contribution < -0.4 is 16.8 Å². The number of nitrogens with one attached hydrogen (secondary N) is 2. The number of oxazole rings is 1. The third-order valence-corrected chi connectivity index (χ3v) is 2.13. The summed E-state index contributed by atoms with van der Waals surface area (Å²) in [7, 11) is 0. The molecule has 0 unspecified atom stereocenters. The van der Waals surface area contributed by atoms with Gasteiger partial charge in [0.25, 0.3) is 0 Å². The van der Waals surface area contributed by atoms with E-state index in [1.807, 2.05) is 12.1 Å². The first kappa shape index (κ1) is 9.95. The summed E-state index contributed by atoms with van der Waals surface area (Å²) in [4.78, 5) is 13.5. The van der Waals surface area contributed by atoms with Crippen molar-refractivity contribution in [1.29, 1.82) is 0 Å². The van der Waals surface area contributed by atoms with Crippen LogP contribution in [0.2, 0.25) is 0 Å². The molecule has 80 valence electrons. The number of H-pyrrole nitrogens is 1. The Labute approximate surface area is 86.3 Å². The molecule has 0 amide bonds. The Morgan fingerprint density at radius 2 is 2.33 bits per heavy atom. The summed E-state index contributed by atoms with van der Waals surface area (Å²) in [5.41, 5.74) is 7.77. The van der Waals surface area contributed by atoms with E-state index in [0.717, 1.165) is 24.2 Å². The summed E-state index contributed by atoms with van der Waals surface area (Å²) >= 11 is 0. The van der Waals surface area contributed by atoms with Crippen molar-refractivity contribution in [1.82, 2.24) is 10.3 Å². The highest BCUT2D eigenvalue weighted by atomic mass is 16.4. The van der Waals surface area contributed by atoms with E-state index in [4.69, 9.17) is 10.2 Å². The van der Waals surface area contributed by atoms with Crippen molar-refractivity contribution < 1.29 is 4.42 Å². The molecule has 0 aliphatic carbocycles. The van der Waals surface area contributed by atoms with E-state index < -0.39 is 5.76 Å². The molecule has 0 aliphatic heterocycles. The van der Waals surface area contributed by atoms with Gasteiger partial charge in [-0.1, -0.05) is 6.07 Å². The van der Waals surface area contributed by atoms with Gasteiger partial charge >= 0.3 is 5.76 Å². The minimum absolute atomic E-state index is 0.419. The summed E-state index contributed by atoms with van der Waals surface area (Å²) in [5, 5.41) is 3.18. The third kappa shape index (κ3) is 2.26. The first-order valence-corrected chi connectivity index (χ1v) is 4.82. The first-order valence-electron chi connectivity index (χ1n) is 4.82. The lowest BCUT2D eigenvalue weighted by Crippen LogP contribution is -2.21. The number of fused-ring (bicyclic) bond motifs is 1. The molecule has 0 saturated carbocycles. The number of hydrogen-bond acceptors (Lipinski definition) is 4. The fourth-order valence-electron chi connectivity index (χ4n) is 1.44. The summed E-state index contributed by atoms with van der Waals surface area (Å²) in [5.74, 6) is -0.419. The van der Waals surface area contributed by atoms with Gasteiger partial charge in [-0.3, -0.25) is 4.98 Å². The molecular formula is C10H13N3O2. The van der Waals surface area contributed by atoms with E-state index in [9.17, 15) is 4.79 Å². The van der Waals surface area contributed by atoms with Crippen LogP contribution in [0.3, 0.4) is 0 Å². The van der Waals surface area contributed by atoms with Gasteiger partial charge in [0, 0.05) is 19.6 Å². The SMILES string of the molecule is NCCNCc1ccc2oc(=O)[nH]c2c1. The Morgan fingerprint density at radius 3 is 3.13 bits per heavy atom. The van der Waals surface area contributed by atoms with Crippen molar-refractivity contribution in [2.75, 3.05) is 13.1 Å². The minimum atomic E-state index is -0.419. The zero-order valence-corrected chi connectivity index (χ0v) is 8.25. The summed E-state index contributed by atoms with van der Waals surface area (Å²) in [6.45, 7) is 2.13. The minimum Gasteiger partial charge on any atom is -0.408 e. The first-order chi connectivity index (χ1) is 7.29. The number of aromatic amines is 1. The van der Waals surface area contributed by atoms with Crippen LogP contribution in [-0.4, -0.2) is 18.1 Å². The van der Waals surface area contributed by atoms with Crippen LogP contribution in [0, 0.1) is 0 Å². The molecule has 5 nitrogen and oxygen atoms in total. The van der Waals surface area contributed by atoms with Gasteiger partial charge in [-0.25, -0.2) is 4.79 Å². The van der Waals surface area contributed by atoms with Crippen LogP contribution in [0.5, 0.6) is 0 Å². The highest BCUT2D eigenvalue weighted by molar-refractivity contribution is 5.72. The summed E-state index contributed by atoms with van der Waals surface area (Å²) < 4.78 is 4.90.